The SMILES string of the molecule is CC(=O)[C@H]1CC=C2[C@@H]3C[C@H](O)[C@H]4C[C@@H](O)CC[C@]4(C)[C@H]3CC[C@@]21C. The first-order chi connectivity index (χ1) is 11.3. The van der Waals surface area contributed by atoms with Gasteiger partial charge in [-0.15, -0.1) is 0 Å². The second-order valence-corrected chi connectivity index (χ2v) is 9.57. The van der Waals surface area contributed by atoms with Crippen LogP contribution in [0.1, 0.15) is 65.7 Å². The van der Waals surface area contributed by atoms with Crippen LogP contribution in [0.3, 0.4) is 0 Å². The molecule has 3 fully saturated rings. The number of aliphatic hydroxyl groups excluding tert-OH is 2. The summed E-state index contributed by atoms with van der Waals surface area (Å²) in [7, 11) is 0. The number of allylic oxidation sites excluding steroid dienone is 2. The standard InChI is InChI=1S/C21H32O3/c1-12(22)15-4-5-16-14-11-19(24)18-10-13(23)6-8-21(18,3)17(14)7-9-20(15,16)2/h5,13-15,17-19,23-24H,4,6-11H2,1-3H3/t13-,14-,15+,17-,18+,19-,20+,21+/m0/s1. The van der Waals surface area contributed by atoms with Gasteiger partial charge in [-0.05, 0) is 80.5 Å². The Balaban J connectivity index is 1.68. The van der Waals surface area contributed by atoms with Gasteiger partial charge in [0, 0.05) is 5.92 Å². The number of carbonyl (C=O) groups is 1. The molecule has 0 heterocycles. The van der Waals surface area contributed by atoms with Crippen molar-refractivity contribution in [3.05, 3.63) is 11.6 Å². The van der Waals surface area contributed by atoms with Crippen molar-refractivity contribution in [2.75, 3.05) is 0 Å². The molecule has 0 radical (unpaired) electrons. The predicted molar refractivity (Wildman–Crippen MR) is 93.3 cm³/mol. The quantitative estimate of drug-likeness (QED) is 0.723. The summed E-state index contributed by atoms with van der Waals surface area (Å²) < 4.78 is 0. The lowest BCUT2D eigenvalue weighted by atomic mass is 9.45. The van der Waals surface area contributed by atoms with E-state index in [4.69, 9.17) is 0 Å². The highest BCUT2D eigenvalue weighted by Crippen LogP contribution is 2.65. The zero-order valence-electron chi connectivity index (χ0n) is 15.3. The summed E-state index contributed by atoms with van der Waals surface area (Å²) in [4.78, 5) is 12.1. The van der Waals surface area contributed by atoms with Gasteiger partial charge in [0.05, 0.1) is 12.2 Å². The van der Waals surface area contributed by atoms with Crippen molar-refractivity contribution in [2.24, 2.45) is 34.5 Å². The average molecular weight is 332 g/mol. The Hall–Kier alpha value is -0.670. The molecule has 4 aliphatic carbocycles. The second-order valence-electron chi connectivity index (χ2n) is 9.57. The van der Waals surface area contributed by atoms with Crippen LogP contribution in [-0.2, 0) is 4.79 Å². The Labute approximate surface area is 145 Å². The Morgan fingerprint density at radius 2 is 1.88 bits per heavy atom. The predicted octanol–water partition coefficient (Wildman–Crippen LogP) is 3.49. The lowest BCUT2D eigenvalue weighted by molar-refractivity contribution is -0.142. The van der Waals surface area contributed by atoms with Crippen molar-refractivity contribution >= 4 is 5.78 Å². The van der Waals surface area contributed by atoms with Gasteiger partial charge in [-0.1, -0.05) is 25.5 Å². The van der Waals surface area contributed by atoms with Crippen LogP contribution in [0.5, 0.6) is 0 Å². The molecule has 0 aromatic heterocycles. The van der Waals surface area contributed by atoms with Crippen LogP contribution in [0, 0.1) is 34.5 Å². The van der Waals surface area contributed by atoms with Crippen LogP contribution in [0.2, 0.25) is 0 Å². The number of hydrogen-bond donors (Lipinski definition) is 2. The maximum atomic E-state index is 12.1. The summed E-state index contributed by atoms with van der Waals surface area (Å²) >= 11 is 0. The van der Waals surface area contributed by atoms with Gasteiger partial charge in [0.1, 0.15) is 5.78 Å². The minimum atomic E-state index is -0.314. The van der Waals surface area contributed by atoms with E-state index in [1.165, 1.54) is 5.57 Å². The van der Waals surface area contributed by atoms with E-state index in [1.807, 2.05) is 0 Å². The molecule has 24 heavy (non-hydrogen) atoms. The summed E-state index contributed by atoms with van der Waals surface area (Å²) in [5.74, 6) is 1.73. The average Bonchev–Trinajstić information content (AvgIpc) is 2.87. The third kappa shape index (κ3) is 2.13. The van der Waals surface area contributed by atoms with Crippen molar-refractivity contribution in [1.82, 2.24) is 0 Å². The number of hydrogen-bond acceptors (Lipinski definition) is 3. The Morgan fingerprint density at radius 1 is 1.12 bits per heavy atom. The molecule has 0 unspecified atom stereocenters. The Kier molecular flexibility index (Phi) is 3.78. The minimum absolute atomic E-state index is 0.0180. The number of aliphatic hydroxyl groups is 2. The fourth-order valence-electron chi connectivity index (χ4n) is 7.23. The Bertz CT molecular complexity index is 582. The fraction of sp³-hybridized carbons (Fsp3) is 0.857. The number of Topliss-reactive ketones (excluding diaryl/α,β-unsaturated/α-hetero) is 1. The molecule has 4 aliphatic rings. The highest BCUT2D eigenvalue weighted by Gasteiger charge is 2.60. The summed E-state index contributed by atoms with van der Waals surface area (Å²) in [5.41, 5.74) is 1.63. The van der Waals surface area contributed by atoms with Gasteiger partial charge in [-0.25, -0.2) is 0 Å². The molecule has 0 saturated heterocycles. The Morgan fingerprint density at radius 3 is 2.58 bits per heavy atom. The normalized spacial score (nSPS) is 53.6. The highest BCUT2D eigenvalue weighted by atomic mass is 16.3. The molecule has 0 bridgehead atoms. The lowest BCUT2D eigenvalue weighted by Gasteiger charge is -2.60. The van der Waals surface area contributed by atoms with E-state index in [-0.39, 0.29) is 34.9 Å². The maximum absolute atomic E-state index is 12.1. The first-order valence-corrected chi connectivity index (χ1v) is 9.84. The first-order valence-electron chi connectivity index (χ1n) is 9.84. The van der Waals surface area contributed by atoms with E-state index in [0.29, 0.717) is 17.6 Å². The van der Waals surface area contributed by atoms with Gasteiger partial charge in [-0.2, -0.15) is 0 Å². The molecule has 0 aromatic carbocycles. The summed E-state index contributed by atoms with van der Waals surface area (Å²) in [6.07, 6.45) is 8.42. The molecular formula is C21H32O3. The van der Waals surface area contributed by atoms with Gasteiger partial charge in [-0.3, -0.25) is 4.79 Å². The largest absolute Gasteiger partial charge is 0.393 e. The van der Waals surface area contributed by atoms with Crippen molar-refractivity contribution in [3.8, 4) is 0 Å². The van der Waals surface area contributed by atoms with E-state index < -0.39 is 0 Å². The smallest absolute Gasteiger partial charge is 0.134 e. The van der Waals surface area contributed by atoms with Gasteiger partial charge in [0.25, 0.3) is 0 Å². The number of carbonyl (C=O) groups excluding carboxylic acids is 1. The van der Waals surface area contributed by atoms with Crippen LogP contribution in [-0.4, -0.2) is 28.2 Å². The zero-order chi connectivity index (χ0) is 17.3. The summed E-state index contributed by atoms with van der Waals surface area (Å²) in [6.45, 7) is 6.40. The minimum Gasteiger partial charge on any atom is -0.393 e. The summed E-state index contributed by atoms with van der Waals surface area (Å²) in [5, 5.41) is 21.0. The van der Waals surface area contributed by atoms with Gasteiger partial charge in [0.2, 0.25) is 0 Å². The zero-order valence-corrected chi connectivity index (χ0v) is 15.3. The van der Waals surface area contributed by atoms with Gasteiger partial charge < -0.3 is 10.2 Å². The molecule has 0 amide bonds. The third-order valence-corrected chi connectivity index (χ3v) is 8.55. The van der Waals surface area contributed by atoms with Gasteiger partial charge >= 0.3 is 0 Å². The van der Waals surface area contributed by atoms with Crippen molar-refractivity contribution in [1.29, 1.82) is 0 Å². The molecule has 3 heteroatoms. The molecule has 0 aliphatic heterocycles. The molecule has 0 spiro atoms. The maximum Gasteiger partial charge on any atom is 0.134 e. The van der Waals surface area contributed by atoms with Crippen LogP contribution < -0.4 is 0 Å². The molecular weight excluding hydrogens is 300 g/mol. The number of ketones is 1. The topological polar surface area (TPSA) is 57.5 Å². The molecule has 3 nitrogen and oxygen atoms in total. The molecule has 8 atom stereocenters. The third-order valence-electron chi connectivity index (χ3n) is 8.55. The van der Waals surface area contributed by atoms with Crippen molar-refractivity contribution in [3.63, 3.8) is 0 Å². The van der Waals surface area contributed by atoms with Crippen molar-refractivity contribution < 1.29 is 15.0 Å². The van der Waals surface area contributed by atoms with E-state index in [9.17, 15) is 15.0 Å². The number of rotatable bonds is 1. The van der Waals surface area contributed by atoms with E-state index in [1.54, 1.807) is 6.92 Å². The van der Waals surface area contributed by atoms with E-state index >= 15 is 0 Å². The van der Waals surface area contributed by atoms with Gasteiger partial charge in [0.15, 0.2) is 0 Å². The second kappa shape index (κ2) is 5.41. The fourth-order valence-corrected chi connectivity index (χ4v) is 7.23. The molecule has 4 rings (SSSR count). The molecule has 2 N–H and O–H groups in total. The van der Waals surface area contributed by atoms with Crippen molar-refractivity contribution in [2.45, 2.75) is 77.9 Å². The highest BCUT2D eigenvalue weighted by molar-refractivity contribution is 5.80. The molecule has 134 valence electrons. The molecule has 0 aromatic rings. The van der Waals surface area contributed by atoms with Crippen LogP contribution in [0.25, 0.3) is 0 Å². The van der Waals surface area contributed by atoms with Crippen LogP contribution in [0.15, 0.2) is 11.6 Å². The van der Waals surface area contributed by atoms with Crippen LogP contribution in [0.4, 0.5) is 0 Å². The summed E-state index contributed by atoms with van der Waals surface area (Å²) in [6, 6.07) is 0. The van der Waals surface area contributed by atoms with Crippen LogP contribution >= 0.6 is 0 Å². The number of fused-ring (bicyclic) bond motifs is 5. The van der Waals surface area contributed by atoms with E-state index in [2.05, 4.69) is 19.9 Å². The molecule has 3 saturated carbocycles. The lowest BCUT2D eigenvalue weighted by Crippen LogP contribution is -2.56. The first kappa shape index (κ1) is 16.8. The van der Waals surface area contributed by atoms with E-state index in [0.717, 1.165) is 44.9 Å². The monoisotopic (exact) mass is 332 g/mol.